The van der Waals surface area contributed by atoms with Gasteiger partial charge in [-0.25, -0.2) is 0 Å². The fraction of sp³-hybridized carbons (Fsp3) is 0.833. The maximum Gasteiger partial charge on any atom is 0.149 e. The summed E-state index contributed by atoms with van der Waals surface area (Å²) in [5.74, 6) is 4.20. The summed E-state index contributed by atoms with van der Waals surface area (Å²) in [5, 5.41) is 14.2. The Morgan fingerprint density at radius 3 is 2.89 bits per heavy atom. The number of fused-ring (bicyclic) bond motifs is 4. The van der Waals surface area contributed by atoms with Crippen molar-refractivity contribution in [2.24, 2.45) is 29.1 Å². The summed E-state index contributed by atoms with van der Waals surface area (Å²) in [5.41, 5.74) is 3.62. The second kappa shape index (κ2) is 6.91. The van der Waals surface area contributed by atoms with E-state index in [1.54, 1.807) is 11.1 Å². The fourth-order valence-electron chi connectivity index (χ4n) is 7.63. The Morgan fingerprint density at radius 2 is 2.07 bits per heavy atom. The average molecular weight is 372 g/mol. The Kier molecular flexibility index (Phi) is 4.67. The molecular formula is C24H37NO2. The summed E-state index contributed by atoms with van der Waals surface area (Å²) in [7, 11) is 0. The molecule has 3 heteroatoms. The summed E-state index contributed by atoms with van der Waals surface area (Å²) in [4.78, 5) is 0. The van der Waals surface area contributed by atoms with Crippen molar-refractivity contribution in [1.82, 2.24) is 5.32 Å². The topological polar surface area (TPSA) is 41.5 Å². The van der Waals surface area contributed by atoms with Crippen LogP contribution in [-0.4, -0.2) is 24.0 Å². The number of aliphatic hydroxyl groups excluding tert-OH is 1. The van der Waals surface area contributed by atoms with Crippen molar-refractivity contribution in [2.45, 2.75) is 90.4 Å². The third-order valence-corrected chi connectivity index (χ3v) is 8.84. The standard InChI is InChI=1S/C24H37NO2/c1-15-14-24(2)20(10-11-21(24)26)19-8-6-16-13-17(7-9-18(16)23(15)19)27-22-5-3-4-12-25-22/h7,15,19-23,25-26H,3-6,8-14H2,1-2H3/t15-,19-,20-,21-,22?,23+,24-/m0/s1. The number of hydrogen-bond acceptors (Lipinski definition) is 3. The van der Waals surface area contributed by atoms with E-state index in [2.05, 4.69) is 25.2 Å². The molecule has 0 amide bonds. The number of allylic oxidation sites excluding steroid dienone is 3. The van der Waals surface area contributed by atoms with Crippen molar-refractivity contribution in [3.05, 3.63) is 23.0 Å². The molecule has 0 bridgehead atoms. The van der Waals surface area contributed by atoms with Gasteiger partial charge in [-0.2, -0.15) is 0 Å². The van der Waals surface area contributed by atoms with Crippen molar-refractivity contribution < 1.29 is 9.84 Å². The third-order valence-electron chi connectivity index (χ3n) is 8.84. The predicted molar refractivity (Wildman–Crippen MR) is 108 cm³/mol. The van der Waals surface area contributed by atoms with Crippen LogP contribution < -0.4 is 5.32 Å². The van der Waals surface area contributed by atoms with Crippen molar-refractivity contribution >= 4 is 0 Å². The lowest BCUT2D eigenvalue weighted by molar-refractivity contribution is -0.0552. The van der Waals surface area contributed by atoms with E-state index in [1.807, 2.05) is 0 Å². The van der Waals surface area contributed by atoms with Crippen LogP contribution in [0.3, 0.4) is 0 Å². The molecule has 150 valence electrons. The van der Waals surface area contributed by atoms with E-state index in [0.29, 0.717) is 5.92 Å². The summed E-state index contributed by atoms with van der Waals surface area (Å²) in [6.45, 7) is 5.94. The van der Waals surface area contributed by atoms with Crippen LogP contribution in [0.1, 0.15) is 78.1 Å². The Labute approximate surface area is 164 Å². The second-order valence-electron chi connectivity index (χ2n) is 10.4. The molecule has 0 aromatic carbocycles. The monoisotopic (exact) mass is 371 g/mol. The lowest BCUT2D eigenvalue weighted by atomic mass is 9.51. The van der Waals surface area contributed by atoms with Gasteiger partial charge in [0.2, 0.25) is 0 Å². The Hall–Kier alpha value is -0.800. The Balaban J connectivity index is 1.32. The second-order valence-corrected chi connectivity index (χ2v) is 10.4. The first-order valence-corrected chi connectivity index (χ1v) is 11.5. The zero-order chi connectivity index (χ0) is 18.6. The highest BCUT2D eigenvalue weighted by molar-refractivity contribution is 5.33. The van der Waals surface area contributed by atoms with Crippen molar-refractivity contribution in [1.29, 1.82) is 0 Å². The predicted octanol–water partition coefficient (Wildman–Crippen LogP) is 4.92. The van der Waals surface area contributed by atoms with Crippen LogP contribution >= 0.6 is 0 Å². The van der Waals surface area contributed by atoms with E-state index >= 15 is 0 Å². The molecule has 27 heavy (non-hydrogen) atoms. The van der Waals surface area contributed by atoms with Gasteiger partial charge >= 0.3 is 0 Å². The quantitative estimate of drug-likeness (QED) is 0.677. The zero-order valence-corrected chi connectivity index (χ0v) is 17.2. The number of rotatable bonds is 2. The van der Waals surface area contributed by atoms with Gasteiger partial charge in [-0.1, -0.05) is 25.0 Å². The minimum Gasteiger partial charge on any atom is -0.480 e. The van der Waals surface area contributed by atoms with Crippen LogP contribution in [0, 0.1) is 29.1 Å². The number of aliphatic hydroxyl groups is 1. The van der Waals surface area contributed by atoms with E-state index in [9.17, 15) is 5.11 Å². The van der Waals surface area contributed by atoms with Gasteiger partial charge < -0.3 is 9.84 Å². The fourth-order valence-corrected chi connectivity index (χ4v) is 7.63. The first-order valence-electron chi connectivity index (χ1n) is 11.5. The van der Waals surface area contributed by atoms with Gasteiger partial charge in [0.15, 0.2) is 0 Å². The molecule has 1 heterocycles. The first-order chi connectivity index (χ1) is 13.1. The van der Waals surface area contributed by atoms with Gasteiger partial charge in [-0.3, -0.25) is 5.32 Å². The summed E-state index contributed by atoms with van der Waals surface area (Å²) >= 11 is 0. The highest BCUT2D eigenvalue weighted by Crippen LogP contribution is 2.62. The maximum absolute atomic E-state index is 10.7. The molecular weight excluding hydrogens is 334 g/mol. The van der Waals surface area contributed by atoms with Gasteiger partial charge in [-0.05, 0) is 99.5 Å². The molecule has 1 saturated heterocycles. The number of piperidine rings is 1. The molecule has 0 aromatic heterocycles. The molecule has 5 rings (SSSR count). The van der Waals surface area contributed by atoms with Gasteiger partial charge in [0.1, 0.15) is 6.23 Å². The number of nitrogens with one attached hydrogen (secondary N) is 1. The summed E-state index contributed by atoms with van der Waals surface area (Å²) < 4.78 is 6.33. The molecule has 0 aromatic rings. The van der Waals surface area contributed by atoms with E-state index in [0.717, 1.165) is 50.0 Å². The van der Waals surface area contributed by atoms with Gasteiger partial charge in [0.05, 0.1) is 11.9 Å². The average Bonchev–Trinajstić information content (AvgIpc) is 2.96. The van der Waals surface area contributed by atoms with Crippen LogP contribution in [-0.2, 0) is 4.74 Å². The van der Waals surface area contributed by atoms with Crippen molar-refractivity contribution in [2.75, 3.05) is 6.54 Å². The van der Waals surface area contributed by atoms with Crippen LogP contribution in [0.4, 0.5) is 0 Å². The third kappa shape index (κ3) is 3.00. The highest BCUT2D eigenvalue weighted by atomic mass is 16.5. The van der Waals surface area contributed by atoms with Gasteiger partial charge in [0.25, 0.3) is 0 Å². The molecule has 3 nitrogen and oxygen atoms in total. The highest BCUT2D eigenvalue weighted by Gasteiger charge is 2.56. The van der Waals surface area contributed by atoms with Crippen LogP contribution in [0.25, 0.3) is 0 Å². The molecule has 2 N–H and O–H groups in total. The minimum absolute atomic E-state index is 0.0736. The SMILES string of the molecule is C[C@H]1C[C@]2(C)[C@@H](O)CC[C@H]2[C@@H]2CCC3=C(CC=C(OC4CCCCN4)C3)[C@H]21. The van der Waals surface area contributed by atoms with Crippen LogP contribution in [0.5, 0.6) is 0 Å². The van der Waals surface area contributed by atoms with Gasteiger partial charge in [0, 0.05) is 6.42 Å². The maximum atomic E-state index is 10.7. The van der Waals surface area contributed by atoms with E-state index in [1.165, 1.54) is 44.3 Å². The van der Waals surface area contributed by atoms with E-state index in [4.69, 9.17) is 4.74 Å². The lowest BCUT2D eigenvalue weighted by Gasteiger charge is -2.54. The molecule has 1 aliphatic heterocycles. The molecule has 0 spiro atoms. The largest absolute Gasteiger partial charge is 0.480 e. The molecule has 7 atom stereocenters. The van der Waals surface area contributed by atoms with Crippen LogP contribution in [0.15, 0.2) is 23.0 Å². The summed E-state index contributed by atoms with van der Waals surface area (Å²) in [6, 6.07) is 0. The molecule has 4 aliphatic carbocycles. The minimum atomic E-state index is -0.0736. The molecule has 1 unspecified atom stereocenters. The molecule has 3 fully saturated rings. The van der Waals surface area contributed by atoms with E-state index < -0.39 is 0 Å². The van der Waals surface area contributed by atoms with Crippen molar-refractivity contribution in [3.8, 4) is 0 Å². The zero-order valence-electron chi connectivity index (χ0n) is 17.2. The normalized spacial score (nSPS) is 47.0. The molecule has 0 radical (unpaired) electrons. The number of hydrogen-bond donors (Lipinski definition) is 2. The first kappa shape index (κ1) is 18.2. The van der Waals surface area contributed by atoms with E-state index in [-0.39, 0.29) is 17.7 Å². The molecule has 2 saturated carbocycles. The molecule has 5 aliphatic rings. The summed E-state index contributed by atoms with van der Waals surface area (Å²) in [6.07, 6.45) is 14.5. The van der Waals surface area contributed by atoms with Crippen LogP contribution in [0.2, 0.25) is 0 Å². The number of ether oxygens (including phenoxy) is 1. The van der Waals surface area contributed by atoms with Crippen molar-refractivity contribution in [3.63, 3.8) is 0 Å². The lowest BCUT2D eigenvalue weighted by Crippen LogP contribution is -2.48. The van der Waals surface area contributed by atoms with Gasteiger partial charge in [-0.15, -0.1) is 0 Å². The smallest absolute Gasteiger partial charge is 0.149 e. The Morgan fingerprint density at radius 1 is 1.19 bits per heavy atom. The Bertz CT molecular complexity index is 647.